The molecule has 0 aromatic heterocycles. The number of hydrogen-bond donors (Lipinski definition) is 1. The topological polar surface area (TPSA) is 64.6 Å². The zero-order valence-electron chi connectivity index (χ0n) is 15.0. The van der Waals surface area contributed by atoms with E-state index in [2.05, 4.69) is 5.32 Å². The molecule has 0 bridgehead atoms. The maximum absolute atomic E-state index is 12.1. The van der Waals surface area contributed by atoms with Crippen LogP contribution in [-0.4, -0.2) is 25.6 Å². The Labute approximate surface area is 148 Å². The fourth-order valence-corrected chi connectivity index (χ4v) is 2.28. The highest BCUT2D eigenvalue weighted by atomic mass is 16.5. The number of carbonyl (C=O) groups excluding carboxylic acids is 2. The lowest BCUT2D eigenvalue weighted by molar-refractivity contribution is -0.116. The SMILES string of the molecule is COC(=O)c1ccc(C)c(NC(=O)CCOc2ccc(C)c(C)c2)c1. The van der Waals surface area contributed by atoms with E-state index in [-0.39, 0.29) is 18.9 Å². The van der Waals surface area contributed by atoms with Crippen molar-refractivity contribution in [2.45, 2.75) is 27.2 Å². The number of rotatable bonds is 6. The molecule has 0 unspecified atom stereocenters. The van der Waals surface area contributed by atoms with Gasteiger partial charge in [-0.2, -0.15) is 0 Å². The van der Waals surface area contributed by atoms with E-state index in [1.54, 1.807) is 18.2 Å². The Bertz CT molecular complexity index is 783. The van der Waals surface area contributed by atoms with Crippen molar-refractivity contribution in [1.29, 1.82) is 0 Å². The Balaban J connectivity index is 1.91. The predicted molar refractivity (Wildman–Crippen MR) is 97.2 cm³/mol. The second-order valence-corrected chi connectivity index (χ2v) is 5.91. The average Bonchev–Trinajstić information content (AvgIpc) is 2.59. The number of carbonyl (C=O) groups is 2. The van der Waals surface area contributed by atoms with Gasteiger partial charge in [-0.05, 0) is 61.7 Å². The van der Waals surface area contributed by atoms with Crippen LogP contribution in [0.15, 0.2) is 36.4 Å². The molecule has 1 N–H and O–H groups in total. The highest BCUT2D eigenvalue weighted by Gasteiger charge is 2.10. The number of hydrogen-bond acceptors (Lipinski definition) is 4. The number of benzene rings is 2. The second-order valence-electron chi connectivity index (χ2n) is 5.91. The largest absolute Gasteiger partial charge is 0.493 e. The molecular weight excluding hydrogens is 318 g/mol. The first kappa shape index (κ1) is 18.5. The van der Waals surface area contributed by atoms with Crippen LogP contribution >= 0.6 is 0 Å². The highest BCUT2D eigenvalue weighted by molar-refractivity contribution is 5.95. The molecule has 0 aliphatic carbocycles. The second kappa shape index (κ2) is 8.33. The van der Waals surface area contributed by atoms with Gasteiger partial charge in [0.05, 0.1) is 25.7 Å². The van der Waals surface area contributed by atoms with Crippen molar-refractivity contribution in [2.75, 3.05) is 19.0 Å². The monoisotopic (exact) mass is 341 g/mol. The summed E-state index contributed by atoms with van der Waals surface area (Å²) in [6.07, 6.45) is 0.217. The zero-order chi connectivity index (χ0) is 18.4. The van der Waals surface area contributed by atoms with Crippen molar-refractivity contribution in [3.63, 3.8) is 0 Å². The van der Waals surface area contributed by atoms with E-state index in [1.165, 1.54) is 12.7 Å². The van der Waals surface area contributed by atoms with E-state index < -0.39 is 5.97 Å². The Morgan fingerprint density at radius 3 is 2.36 bits per heavy atom. The third kappa shape index (κ3) is 5.08. The van der Waals surface area contributed by atoms with Crippen LogP contribution in [0.4, 0.5) is 5.69 Å². The van der Waals surface area contributed by atoms with Gasteiger partial charge < -0.3 is 14.8 Å². The Kier molecular flexibility index (Phi) is 6.17. The normalized spacial score (nSPS) is 10.2. The van der Waals surface area contributed by atoms with Crippen LogP contribution in [0.1, 0.15) is 33.5 Å². The minimum atomic E-state index is -0.437. The first-order chi connectivity index (χ1) is 11.9. The fourth-order valence-electron chi connectivity index (χ4n) is 2.28. The highest BCUT2D eigenvalue weighted by Crippen LogP contribution is 2.19. The number of esters is 1. The number of amides is 1. The quantitative estimate of drug-likeness (QED) is 0.812. The Morgan fingerprint density at radius 1 is 0.960 bits per heavy atom. The summed E-state index contributed by atoms with van der Waals surface area (Å²) in [5, 5.41) is 2.81. The van der Waals surface area contributed by atoms with Crippen LogP contribution in [-0.2, 0) is 9.53 Å². The molecule has 132 valence electrons. The summed E-state index contributed by atoms with van der Waals surface area (Å²) in [6, 6.07) is 10.9. The van der Waals surface area contributed by atoms with Gasteiger partial charge in [-0.1, -0.05) is 12.1 Å². The number of ether oxygens (including phenoxy) is 2. The molecule has 1 amide bonds. The first-order valence-electron chi connectivity index (χ1n) is 8.09. The molecule has 2 aromatic carbocycles. The molecule has 0 heterocycles. The van der Waals surface area contributed by atoms with Crippen LogP contribution in [0.2, 0.25) is 0 Å². The predicted octanol–water partition coefficient (Wildman–Crippen LogP) is 3.81. The third-order valence-corrected chi connectivity index (χ3v) is 4.01. The molecule has 0 aliphatic rings. The van der Waals surface area contributed by atoms with Crippen molar-refractivity contribution < 1.29 is 19.1 Å². The van der Waals surface area contributed by atoms with Crippen LogP contribution in [0.5, 0.6) is 5.75 Å². The molecule has 25 heavy (non-hydrogen) atoms. The molecule has 0 fully saturated rings. The van der Waals surface area contributed by atoms with Crippen LogP contribution in [0, 0.1) is 20.8 Å². The van der Waals surface area contributed by atoms with Gasteiger partial charge in [0.25, 0.3) is 0 Å². The molecule has 0 radical (unpaired) electrons. The summed E-state index contributed by atoms with van der Waals surface area (Å²) in [5.74, 6) is 0.141. The third-order valence-electron chi connectivity index (χ3n) is 4.01. The van der Waals surface area contributed by atoms with Crippen LogP contribution in [0.3, 0.4) is 0 Å². The van der Waals surface area contributed by atoms with Crippen molar-refractivity contribution in [3.05, 3.63) is 58.7 Å². The number of anilines is 1. The van der Waals surface area contributed by atoms with Gasteiger partial charge in [0.2, 0.25) is 5.91 Å². The van der Waals surface area contributed by atoms with Crippen molar-refractivity contribution in [1.82, 2.24) is 0 Å². The van der Waals surface area contributed by atoms with Gasteiger partial charge in [0, 0.05) is 5.69 Å². The molecule has 0 atom stereocenters. The summed E-state index contributed by atoms with van der Waals surface area (Å²) < 4.78 is 10.3. The summed E-state index contributed by atoms with van der Waals surface area (Å²) >= 11 is 0. The first-order valence-corrected chi connectivity index (χ1v) is 8.09. The van der Waals surface area contributed by atoms with Crippen molar-refractivity contribution in [2.24, 2.45) is 0 Å². The zero-order valence-corrected chi connectivity index (χ0v) is 15.0. The lowest BCUT2D eigenvalue weighted by atomic mass is 10.1. The summed E-state index contributed by atoms with van der Waals surface area (Å²) in [6.45, 7) is 6.20. The fraction of sp³-hybridized carbons (Fsp3) is 0.300. The van der Waals surface area contributed by atoms with Gasteiger partial charge in [-0.15, -0.1) is 0 Å². The lowest BCUT2D eigenvalue weighted by Crippen LogP contribution is -2.16. The van der Waals surface area contributed by atoms with E-state index in [9.17, 15) is 9.59 Å². The van der Waals surface area contributed by atoms with Gasteiger partial charge in [-0.3, -0.25) is 4.79 Å². The van der Waals surface area contributed by atoms with E-state index in [4.69, 9.17) is 9.47 Å². The molecule has 2 rings (SSSR count). The smallest absolute Gasteiger partial charge is 0.337 e. The summed E-state index contributed by atoms with van der Waals surface area (Å²) in [7, 11) is 1.32. The van der Waals surface area contributed by atoms with Crippen LogP contribution < -0.4 is 10.1 Å². The average molecular weight is 341 g/mol. The van der Waals surface area contributed by atoms with Gasteiger partial charge >= 0.3 is 5.97 Å². The number of methoxy groups -OCH3 is 1. The van der Waals surface area contributed by atoms with E-state index in [0.717, 1.165) is 16.9 Å². The summed E-state index contributed by atoms with van der Waals surface area (Å²) in [5.41, 5.74) is 4.22. The molecule has 0 saturated heterocycles. The van der Waals surface area contributed by atoms with Crippen LogP contribution in [0.25, 0.3) is 0 Å². The molecular formula is C20H23NO4. The van der Waals surface area contributed by atoms with E-state index >= 15 is 0 Å². The van der Waals surface area contributed by atoms with Crippen molar-refractivity contribution in [3.8, 4) is 5.75 Å². The molecule has 2 aromatic rings. The maximum atomic E-state index is 12.1. The number of nitrogens with one attached hydrogen (secondary N) is 1. The molecule has 5 heteroatoms. The standard InChI is InChI=1S/C20H23NO4/c1-13-6-8-17(11-15(13)3)25-10-9-19(22)21-18-12-16(20(23)24-4)7-5-14(18)2/h5-8,11-12H,9-10H2,1-4H3,(H,21,22). The minimum absolute atomic E-state index is 0.172. The molecule has 0 saturated carbocycles. The van der Waals surface area contributed by atoms with Crippen molar-refractivity contribution >= 4 is 17.6 Å². The summed E-state index contributed by atoms with van der Waals surface area (Å²) in [4.78, 5) is 23.7. The Morgan fingerprint density at radius 2 is 1.68 bits per heavy atom. The maximum Gasteiger partial charge on any atom is 0.337 e. The van der Waals surface area contributed by atoms with E-state index in [0.29, 0.717) is 11.3 Å². The Hall–Kier alpha value is -2.82. The molecule has 5 nitrogen and oxygen atoms in total. The molecule has 0 spiro atoms. The molecule has 0 aliphatic heterocycles. The van der Waals surface area contributed by atoms with E-state index in [1.807, 2.05) is 39.0 Å². The number of aryl methyl sites for hydroxylation is 3. The van der Waals surface area contributed by atoms with Gasteiger partial charge in [0.1, 0.15) is 5.75 Å². The minimum Gasteiger partial charge on any atom is -0.493 e. The van der Waals surface area contributed by atoms with Gasteiger partial charge in [-0.25, -0.2) is 4.79 Å². The van der Waals surface area contributed by atoms with Gasteiger partial charge in [0.15, 0.2) is 0 Å². The lowest BCUT2D eigenvalue weighted by Gasteiger charge is -2.11.